The van der Waals surface area contributed by atoms with Crippen LogP contribution in [0.15, 0.2) is 48.7 Å². The molecule has 1 aliphatic rings. The van der Waals surface area contributed by atoms with E-state index in [1.165, 1.54) is 10.8 Å². The van der Waals surface area contributed by atoms with Gasteiger partial charge in [0.05, 0.1) is 12.9 Å². The fraction of sp³-hybridized carbons (Fsp3) is 0.263. The largest absolute Gasteiger partial charge is 0.493 e. The van der Waals surface area contributed by atoms with Gasteiger partial charge in [0.1, 0.15) is 5.75 Å². The van der Waals surface area contributed by atoms with Gasteiger partial charge in [-0.15, -0.1) is 0 Å². The van der Waals surface area contributed by atoms with Gasteiger partial charge >= 0.3 is 0 Å². The molecule has 0 amide bonds. The molecule has 0 aliphatic carbocycles. The number of ether oxygens (including phenoxy) is 2. The van der Waals surface area contributed by atoms with Gasteiger partial charge in [0.2, 0.25) is 0 Å². The molecule has 0 fully saturated rings. The zero-order chi connectivity index (χ0) is 14.5. The molecule has 0 spiro atoms. The standard InChI is InChI=1S/C19H19O2/c1-2-3-13-21-18-11-10-15-7-4-5-9-17(15)19(18)16-8-6-12-20-14-16/h4-7,9-12H,2-3,8,13H2,1H3. The Kier molecular flexibility index (Phi) is 4.25. The molecule has 1 radical (unpaired) electrons. The minimum atomic E-state index is 0.742. The molecule has 2 heteroatoms. The Morgan fingerprint density at radius 3 is 2.90 bits per heavy atom. The Bertz CT molecular complexity index is 683. The first-order valence-corrected chi connectivity index (χ1v) is 7.47. The molecule has 3 rings (SSSR count). The summed E-state index contributed by atoms with van der Waals surface area (Å²) < 4.78 is 11.2. The van der Waals surface area contributed by atoms with Crippen LogP contribution in [-0.4, -0.2) is 6.61 Å². The second kappa shape index (κ2) is 6.49. The maximum absolute atomic E-state index is 6.00. The zero-order valence-electron chi connectivity index (χ0n) is 12.3. The number of hydrogen-bond acceptors (Lipinski definition) is 2. The second-order valence-electron chi connectivity index (χ2n) is 5.14. The van der Waals surface area contributed by atoms with Crippen LogP contribution >= 0.6 is 0 Å². The van der Waals surface area contributed by atoms with Crippen molar-refractivity contribution in [2.75, 3.05) is 6.61 Å². The molecular formula is C19H19O2. The van der Waals surface area contributed by atoms with Gasteiger partial charge in [-0.3, -0.25) is 0 Å². The summed E-state index contributed by atoms with van der Waals surface area (Å²) in [4.78, 5) is 0. The minimum absolute atomic E-state index is 0.742. The molecule has 0 aromatic heterocycles. The van der Waals surface area contributed by atoms with Gasteiger partial charge in [-0.2, -0.15) is 0 Å². The van der Waals surface area contributed by atoms with Gasteiger partial charge in [-0.25, -0.2) is 0 Å². The van der Waals surface area contributed by atoms with E-state index >= 15 is 0 Å². The van der Waals surface area contributed by atoms with E-state index in [1.54, 1.807) is 6.26 Å². The van der Waals surface area contributed by atoms with Gasteiger partial charge < -0.3 is 9.47 Å². The molecule has 2 aromatic rings. The molecule has 1 heterocycles. The summed E-state index contributed by atoms with van der Waals surface area (Å²) in [5.41, 5.74) is 2.15. The molecule has 0 bridgehead atoms. The number of fused-ring (bicyclic) bond motifs is 1. The highest BCUT2D eigenvalue weighted by Crippen LogP contribution is 2.36. The molecule has 2 nitrogen and oxygen atoms in total. The van der Waals surface area contributed by atoms with Crippen LogP contribution in [0, 0.1) is 6.26 Å². The third kappa shape index (κ3) is 2.94. The maximum atomic E-state index is 6.00. The first-order chi connectivity index (χ1) is 10.4. The lowest BCUT2D eigenvalue weighted by atomic mass is 9.95. The summed E-state index contributed by atoms with van der Waals surface area (Å²) in [5.74, 6) is 0.920. The minimum Gasteiger partial charge on any atom is -0.493 e. The first kappa shape index (κ1) is 13.7. The maximum Gasteiger partial charge on any atom is 0.173 e. The van der Waals surface area contributed by atoms with Crippen molar-refractivity contribution in [3.05, 3.63) is 60.6 Å². The molecule has 0 N–H and O–H groups in total. The highest BCUT2D eigenvalue weighted by molar-refractivity contribution is 5.96. The summed E-state index contributed by atoms with van der Waals surface area (Å²) in [6.07, 6.45) is 9.69. The van der Waals surface area contributed by atoms with Crippen molar-refractivity contribution in [3.63, 3.8) is 0 Å². The predicted octanol–water partition coefficient (Wildman–Crippen LogP) is 5.10. The molecule has 0 saturated carbocycles. The number of allylic oxidation sites excluding steroid dienone is 2. The van der Waals surface area contributed by atoms with Gasteiger partial charge in [-0.05, 0) is 35.8 Å². The highest BCUT2D eigenvalue weighted by Gasteiger charge is 2.15. The Balaban J connectivity index is 2.06. The predicted molar refractivity (Wildman–Crippen MR) is 85.8 cm³/mol. The lowest BCUT2D eigenvalue weighted by Crippen LogP contribution is -2.01. The van der Waals surface area contributed by atoms with Crippen molar-refractivity contribution in [2.45, 2.75) is 26.2 Å². The second-order valence-corrected chi connectivity index (χ2v) is 5.14. The monoisotopic (exact) mass is 279 g/mol. The summed E-state index contributed by atoms with van der Waals surface area (Å²) in [6.45, 7) is 2.91. The fourth-order valence-electron chi connectivity index (χ4n) is 2.52. The van der Waals surface area contributed by atoms with E-state index in [4.69, 9.17) is 9.47 Å². The zero-order valence-corrected chi connectivity index (χ0v) is 12.3. The quantitative estimate of drug-likeness (QED) is 0.709. The smallest absolute Gasteiger partial charge is 0.173 e. The molecule has 1 aliphatic heterocycles. The van der Waals surface area contributed by atoms with Crippen molar-refractivity contribution in [1.82, 2.24) is 0 Å². The number of hydrogen-bond donors (Lipinski definition) is 0. The van der Waals surface area contributed by atoms with Crippen molar-refractivity contribution in [2.24, 2.45) is 0 Å². The van der Waals surface area contributed by atoms with Gasteiger partial charge in [0.25, 0.3) is 0 Å². The Morgan fingerprint density at radius 1 is 1.19 bits per heavy atom. The van der Waals surface area contributed by atoms with Crippen LogP contribution in [0.4, 0.5) is 0 Å². The summed E-state index contributed by atoms with van der Waals surface area (Å²) in [5, 5.41) is 2.40. The van der Waals surface area contributed by atoms with Crippen molar-refractivity contribution >= 4 is 16.3 Å². The Hall–Kier alpha value is -2.22. The lowest BCUT2D eigenvalue weighted by molar-refractivity contribution is 0.308. The normalized spacial score (nSPS) is 13.9. The van der Waals surface area contributed by atoms with E-state index in [0.717, 1.165) is 42.8 Å². The average molecular weight is 279 g/mol. The third-order valence-corrected chi connectivity index (χ3v) is 3.62. The molecule has 0 atom stereocenters. The van der Waals surface area contributed by atoms with Crippen LogP contribution in [0.3, 0.4) is 0 Å². The van der Waals surface area contributed by atoms with Crippen LogP contribution in [0.2, 0.25) is 0 Å². The SMILES string of the molecule is CCCCOc1ccc2ccccc2c1C1=[C]OC=CC1. The number of benzene rings is 2. The van der Waals surface area contributed by atoms with Gasteiger partial charge in [0, 0.05) is 11.1 Å². The van der Waals surface area contributed by atoms with E-state index in [1.807, 2.05) is 6.08 Å². The van der Waals surface area contributed by atoms with Crippen LogP contribution in [0.25, 0.3) is 16.3 Å². The molecule has 0 unspecified atom stereocenters. The van der Waals surface area contributed by atoms with Crippen LogP contribution in [0.1, 0.15) is 31.7 Å². The van der Waals surface area contributed by atoms with E-state index < -0.39 is 0 Å². The van der Waals surface area contributed by atoms with Gasteiger partial charge in [0.15, 0.2) is 6.26 Å². The fourth-order valence-corrected chi connectivity index (χ4v) is 2.52. The topological polar surface area (TPSA) is 18.5 Å². The average Bonchev–Trinajstić information content (AvgIpc) is 2.55. The highest BCUT2D eigenvalue weighted by atomic mass is 16.5. The molecule has 21 heavy (non-hydrogen) atoms. The van der Waals surface area contributed by atoms with Gasteiger partial charge in [-0.1, -0.05) is 43.7 Å². The summed E-state index contributed by atoms with van der Waals surface area (Å²) in [6, 6.07) is 12.5. The molecule has 0 saturated heterocycles. The Morgan fingerprint density at radius 2 is 2.10 bits per heavy atom. The summed E-state index contributed by atoms with van der Waals surface area (Å²) >= 11 is 0. The van der Waals surface area contributed by atoms with Crippen LogP contribution in [0.5, 0.6) is 5.75 Å². The van der Waals surface area contributed by atoms with Crippen molar-refractivity contribution in [3.8, 4) is 5.75 Å². The van der Waals surface area contributed by atoms with E-state index in [9.17, 15) is 0 Å². The van der Waals surface area contributed by atoms with E-state index in [-0.39, 0.29) is 0 Å². The molecular weight excluding hydrogens is 260 g/mol. The first-order valence-electron chi connectivity index (χ1n) is 7.47. The molecule has 2 aromatic carbocycles. The van der Waals surface area contributed by atoms with Crippen LogP contribution in [-0.2, 0) is 4.74 Å². The van der Waals surface area contributed by atoms with Crippen LogP contribution < -0.4 is 4.74 Å². The third-order valence-electron chi connectivity index (χ3n) is 3.62. The lowest BCUT2D eigenvalue weighted by Gasteiger charge is -2.17. The number of rotatable bonds is 5. The molecule has 107 valence electrons. The summed E-state index contributed by atoms with van der Waals surface area (Å²) in [7, 11) is 0. The van der Waals surface area contributed by atoms with E-state index in [2.05, 4.69) is 49.6 Å². The van der Waals surface area contributed by atoms with Crippen molar-refractivity contribution < 1.29 is 9.47 Å². The van der Waals surface area contributed by atoms with Crippen molar-refractivity contribution in [1.29, 1.82) is 0 Å². The Labute approximate surface area is 125 Å². The number of unbranched alkanes of at least 4 members (excludes halogenated alkanes) is 1. The van der Waals surface area contributed by atoms with E-state index in [0.29, 0.717) is 0 Å².